The fourth-order valence-corrected chi connectivity index (χ4v) is 3.51. The van der Waals surface area contributed by atoms with Crippen molar-refractivity contribution in [1.82, 2.24) is 4.98 Å². The monoisotopic (exact) mass is 296 g/mol. The largest absolute Gasteiger partial charge is 0.350 e. The minimum absolute atomic E-state index is 0.0296. The molecule has 108 valence electrons. The molecule has 2 nitrogen and oxygen atoms in total. The van der Waals surface area contributed by atoms with Crippen molar-refractivity contribution in [3.63, 3.8) is 0 Å². The number of H-pyrrole nitrogens is 1. The number of nitrogens with two attached hydrogens (primary N) is 1. The second-order valence-corrected chi connectivity index (χ2v) is 6.90. The molecule has 1 aromatic heterocycles. The molecule has 0 bridgehead atoms. The normalized spacial score (nSPS) is 14.2. The highest BCUT2D eigenvalue weighted by Gasteiger charge is 2.17. The average Bonchev–Trinajstić information content (AvgIpc) is 2.89. The summed E-state index contributed by atoms with van der Waals surface area (Å²) in [5, 5.41) is 2.73. The maximum atomic E-state index is 6.40. The summed E-state index contributed by atoms with van der Waals surface area (Å²) < 4.78 is 0. The highest BCUT2D eigenvalue weighted by molar-refractivity contribution is 7.99. The van der Waals surface area contributed by atoms with Gasteiger partial charge in [0, 0.05) is 22.2 Å². The molecule has 0 aliphatic rings. The van der Waals surface area contributed by atoms with Crippen LogP contribution in [0.25, 0.3) is 10.9 Å². The molecule has 0 saturated heterocycles. The molecule has 2 aromatic carbocycles. The number of nitrogens with one attached hydrogen (secondary N) is 1. The Morgan fingerprint density at radius 3 is 2.48 bits per heavy atom. The van der Waals surface area contributed by atoms with Crippen LogP contribution in [-0.4, -0.2) is 10.2 Å². The summed E-state index contributed by atoms with van der Waals surface area (Å²) in [7, 11) is 0. The summed E-state index contributed by atoms with van der Waals surface area (Å²) in [6, 6.07) is 19.1. The minimum Gasteiger partial charge on any atom is -0.350 e. The molecule has 1 heterocycles. The summed E-state index contributed by atoms with van der Waals surface area (Å²) in [4.78, 5) is 3.45. The Morgan fingerprint density at radius 1 is 1.05 bits per heavy atom. The third-order valence-electron chi connectivity index (χ3n) is 3.79. The van der Waals surface area contributed by atoms with Crippen LogP contribution in [0, 0.1) is 6.92 Å². The summed E-state index contributed by atoms with van der Waals surface area (Å²) >= 11 is 1.80. The van der Waals surface area contributed by atoms with Crippen LogP contribution >= 0.6 is 11.8 Å². The van der Waals surface area contributed by atoms with E-state index < -0.39 is 0 Å². The van der Waals surface area contributed by atoms with E-state index in [9.17, 15) is 0 Å². The number of aromatic nitrogens is 1. The van der Waals surface area contributed by atoms with Gasteiger partial charge in [-0.2, -0.15) is 0 Å². The Bertz CT molecular complexity index is 697. The van der Waals surface area contributed by atoms with Crippen molar-refractivity contribution >= 4 is 22.7 Å². The van der Waals surface area contributed by atoms with E-state index in [-0.39, 0.29) is 6.04 Å². The number of benzene rings is 2. The summed E-state index contributed by atoms with van der Waals surface area (Å²) in [6.07, 6.45) is 0. The van der Waals surface area contributed by atoms with Crippen LogP contribution < -0.4 is 5.73 Å². The van der Waals surface area contributed by atoms with E-state index in [0.29, 0.717) is 5.25 Å². The van der Waals surface area contributed by atoms with Crippen molar-refractivity contribution in [3.8, 4) is 0 Å². The van der Waals surface area contributed by atoms with Gasteiger partial charge in [0.15, 0.2) is 0 Å². The highest BCUT2D eigenvalue weighted by Crippen LogP contribution is 2.32. The van der Waals surface area contributed by atoms with Crippen molar-refractivity contribution in [3.05, 3.63) is 65.7 Å². The Labute approximate surface area is 129 Å². The van der Waals surface area contributed by atoms with E-state index >= 15 is 0 Å². The second kappa shape index (κ2) is 5.96. The summed E-state index contributed by atoms with van der Waals surface area (Å²) in [6.45, 7) is 4.28. The van der Waals surface area contributed by atoms with Gasteiger partial charge in [0.2, 0.25) is 0 Å². The van der Waals surface area contributed by atoms with Crippen LogP contribution in [0.4, 0.5) is 0 Å². The molecule has 2 atom stereocenters. The molecule has 0 aliphatic heterocycles. The van der Waals surface area contributed by atoms with Crippen molar-refractivity contribution in [2.45, 2.75) is 30.2 Å². The fourth-order valence-electron chi connectivity index (χ4n) is 2.44. The molecule has 0 amide bonds. The lowest BCUT2D eigenvalue weighted by molar-refractivity contribution is 0.714. The standard InChI is InChI=1S/C18H20N2S/c1-12-7-9-14(10-8-12)18(19)13(2)21-17-11-15-5-3-4-6-16(15)20-17/h3-11,13,18,20H,19H2,1-2H3. The lowest BCUT2D eigenvalue weighted by Crippen LogP contribution is -2.21. The molecule has 21 heavy (non-hydrogen) atoms. The van der Waals surface area contributed by atoms with Crippen LogP contribution in [0.3, 0.4) is 0 Å². The number of hydrogen-bond donors (Lipinski definition) is 2. The number of hydrogen-bond acceptors (Lipinski definition) is 2. The number of aryl methyl sites for hydroxylation is 1. The van der Waals surface area contributed by atoms with Gasteiger partial charge >= 0.3 is 0 Å². The van der Waals surface area contributed by atoms with E-state index in [4.69, 9.17) is 5.73 Å². The molecular weight excluding hydrogens is 276 g/mol. The first-order chi connectivity index (χ1) is 10.1. The fraction of sp³-hybridized carbons (Fsp3) is 0.222. The van der Waals surface area contributed by atoms with Gasteiger partial charge in [-0.1, -0.05) is 55.0 Å². The van der Waals surface area contributed by atoms with E-state index in [0.717, 1.165) is 0 Å². The zero-order chi connectivity index (χ0) is 14.8. The molecule has 3 heteroatoms. The van der Waals surface area contributed by atoms with Gasteiger partial charge in [-0.3, -0.25) is 0 Å². The molecule has 0 aliphatic carbocycles. The Hall–Kier alpha value is -1.71. The van der Waals surface area contributed by atoms with Gasteiger partial charge in [0.05, 0.1) is 5.03 Å². The molecule has 0 fully saturated rings. The predicted molar refractivity (Wildman–Crippen MR) is 91.7 cm³/mol. The number of para-hydroxylation sites is 1. The van der Waals surface area contributed by atoms with E-state index in [1.807, 2.05) is 0 Å². The highest BCUT2D eigenvalue weighted by atomic mass is 32.2. The number of aromatic amines is 1. The predicted octanol–water partition coefficient (Wildman–Crippen LogP) is 4.66. The molecule has 0 saturated carbocycles. The van der Waals surface area contributed by atoms with Crippen LogP contribution in [0.2, 0.25) is 0 Å². The Balaban J connectivity index is 1.75. The van der Waals surface area contributed by atoms with E-state index in [1.165, 1.54) is 27.1 Å². The van der Waals surface area contributed by atoms with Crippen molar-refractivity contribution in [1.29, 1.82) is 0 Å². The molecule has 3 rings (SSSR count). The number of rotatable bonds is 4. The van der Waals surface area contributed by atoms with Gasteiger partial charge in [0.1, 0.15) is 0 Å². The van der Waals surface area contributed by atoms with Crippen LogP contribution in [-0.2, 0) is 0 Å². The number of thioether (sulfide) groups is 1. The van der Waals surface area contributed by atoms with Crippen molar-refractivity contribution < 1.29 is 0 Å². The first-order valence-electron chi connectivity index (χ1n) is 7.20. The van der Waals surface area contributed by atoms with Crippen molar-refractivity contribution in [2.75, 3.05) is 0 Å². The topological polar surface area (TPSA) is 41.8 Å². The molecule has 0 radical (unpaired) electrons. The third kappa shape index (κ3) is 3.14. The Morgan fingerprint density at radius 2 is 1.76 bits per heavy atom. The SMILES string of the molecule is Cc1ccc(C(N)C(C)Sc2cc3ccccc3[nH]2)cc1. The molecule has 2 unspecified atom stereocenters. The zero-order valence-corrected chi connectivity index (χ0v) is 13.2. The van der Waals surface area contributed by atoms with Gasteiger partial charge in [-0.25, -0.2) is 0 Å². The maximum Gasteiger partial charge on any atom is 0.0735 e. The average molecular weight is 296 g/mol. The first kappa shape index (κ1) is 14.2. The van der Waals surface area contributed by atoms with Gasteiger partial charge in [-0.05, 0) is 24.6 Å². The van der Waals surface area contributed by atoms with Gasteiger partial charge in [-0.15, -0.1) is 11.8 Å². The number of fused-ring (bicyclic) bond motifs is 1. The van der Waals surface area contributed by atoms with Gasteiger partial charge in [0.25, 0.3) is 0 Å². The summed E-state index contributed by atoms with van der Waals surface area (Å²) in [5.41, 5.74) is 10.0. The van der Waals surface area contributed by atoms with E-state index in [2.05, 4.69) is 73.4 Å². The van der Waals surface area contributed by atoms with Crippen LogP contribution in [0.5, 0.6) is 0 Å². The lowest BCUT2D eigenvalue weighted by atomic mass is 10.0. The lowest BCUT2D eigenvalue weighted by Gasteiger charge is -2.19. The minimum atomic E-state index is 0.0296. The molecule has 3 aromatic rings. The Kier molecular flexibility index (Phi) is 4.04. The van der Waals surface area contributed by atoms with Crippen molar-refractivity contribution in [2.24, 2.45) is 5.73 Å². The third-order valence-corrected chi connectivity index (χ3v) is 4.92. The maximum absolute atomic E-state index is 6.40. The first-order valence-corrected chi connectivity index (χ1v) is 8.08. The smallest absolute Gasteiger partial charge is 0.0735 e. The quantitative estimate of drug-likeness (QED) is 0.688. The van der Waals surface area contributed by atoms with Gasteiger partial charge < -0.3 is 10.7 Å². The molecule has 0 spiro atoms. The zero-order valence-electron chi connectivity index (χ0n) is 12.3. The molecule has 3 N–H and O–H groups in total. The van der Waals surface area contributed by atoms with E-state index in [1.54, 1.807) is 11.8 Å². The van der Waals surface area contributed by atoms with Crippen LogP contribution in [0.1, 0.15) is 24.1 Å². The summed E-state index contributed by atoms with van der Waals surface area (Å²) in [5.74, 6) is 0. The second-order valence-electron chi connectivity index (χ2n) is 5.48. The molecular formula is C18H20N2S. The van der Waals surface area contributed by atoms with Crippen LogP contribution in [0.15, 0.2) is 59.6 Å².